The van der Waals surface area contributed by atoms with Gasteiger partial charge in [-0.15, -0.1) is 0 Å². The molecule has 0 aliphatic heterocycles. The molecule has 0 rings (SSSR count). The van der Waals surface area contributed by atoms with Crippen LogP contribution in [0.2, 0.25) is 0 Å². The van der Waals surface area contributed by atoms with Crippen LogP contribution in [0.25, 0.3) is 0 Å². The Kier molecular flexibility index (Phi) is 8.77. The molecule has 0 amide bonds. The van der Waals surface area contributed by atoms with Crippen molar-refractivity contribution in [3.63, 3.8) is 0 Å². The number of rotatable bonds is 7. The first kappa shape index (κ1) is 9.88. The highest BCUT2D eigenvalue weighted by Crippen LogP contribution is 1.82. The Labute approximate surface area is 63.2 Å². The minimum Gasteiger partial charge on any atom is -0.330 e. The van der Waals surface area contributed by atoms with E-state index in [2.05, 4.69) is 5.32 Å². The van der Waals surface area contributed by atoms with Crippen LogP contribution in [0.5, 0.6) is 0 Å². The average molecular weight is 144 g/mol. The fourth-order valence-corrected chi connectivity index (χ4v) is 0.727. The lowest BCUT2D eigenvalue weighted by molar-refractivity contribution is 0.609. The smallest absolute Gasteiger partial charge is 0.0100 e. The number of hydrogen-bond acceptors (Lipinski definition) is 2. The molecule has 0 saturated heterocycles. The first-order valence-corrected chi connectivity index (χ1v) is 3.97. The Bertz CT molecular complexity index is 48.8. The van der Waals surface area contributed by atoms with E-state index in [0.29, 0.717) is 6.54 Å². The quantitative estimate of drug-likeness (QED) is 0.494. The van der Waals surface area contributed by atoms with Gasteiger partial charge in [0, 0.05) is 6.54 Å². The van der Waals surface area contributed by atoms with E-state index in [4.69, 9.17) is 11.5 Å². The summed E-state index contributed by atoms with van der Waals surface area (Å²) in [4.78, 5) is 0. The summed E-state index contributed by atoms with van der Waals surface area (Å²) in [7, 11) is 0. The van der Waals surface area contributed by atoms with Crippen molar-refractivity contribution in [3.8, 4) is 0 Å². The summed E-state index contributed by atoms with van der Waals surface area (Å²) in [5.41, 5.74) is 12.2. The summed E-state index contributed by atoms with van der Waals surface area (Å²) in [5.74, 6) is 0. The summed E-state index contributed by atoms with van der Waals surface area (Å²) in [6.07, 6.45) is 3.19. The number of nitrogens with one attached hydrogen (secondary N) is 2. The van der Waals surface area contributed by atoms with E-state index >= 15 is 0 Å². The first-order chi connectivity index (χ1) is 4.91. The molecule has 0 aliphatic carbocycles. The summed E-state index contributed by atoms with van der Waals surface area (Å²) in [6.45, 7) is 3.39. The molecule has 0 fully saturated rings. The molecule has 0 spiro atoms. The molecule has 0 atom stereocenters. The van der Waals surface area contributed by atoms with E-state index in [1.165, 1.54) is 0 Å². The number of nitrogens with two attached hydrogens (primary N) is 1. The van der Waals surface area contributed by atoms with Crippen LogP contribution in [0.1, 0.15) is 19.3 Å². The van der Waals surface area contributed by atoms with Crippen molar-refractivity contribution >= 4 is 0 Å². The highest BCUT2D eigenvalue weighted by atomic mass is 14.8. The lowest BCUT2D eigenvalue weighted by Gasteiger charge is -2.01. The molecule has 0 aromatic carbocycles. The Hall–Kier alpha value is -0.120. The van der Waals surface area contributed by atoms with E-state index in [-0.39, 0.29) is 0 Å². The largest absolute Gasteiger partial charge is 0.330 e. The van der Waals surface area contributed by atoms with Crippen molar-refractivity contribution in [1.29, 1.82) is 0 Å². The Morgan fingerprint density at radius 2 is 1.80 bits per heavy atom. The van der Waals surface area contributed by atoms with Crippen molar-refractivity contribution in [3.05, 3.63) is 0 Å². The van der Waals surface area contributed by atoms with Gasteiger partial charge >= 0.3 is 0 Å². The predicted molar refractivity (Wildman–Crippen MR) is 43.7 cm³/mol. The van der Waals surface area contributed by atoms with Crippen LogP contribution in [0.15, 0.2) is 0 Å². The van der Waals surface area contributed by atoms with Crippen molar-refractivity contribution < 1.29 is 0 Å². The third-order valence-electron chi connectivity index (χ3n) is 1.34. The molecule has 10 heavy (non-hydrogen) atoms. The summed E-state index contributed by atoms with van der Waals surface area (Å²) < 4.78 is 0. The lowest BCUT2D eigenvalue weighted by atomic mass is 10.3. The number of unbranched alkanes of at least 4 members (excludes halogenated alkanes) is 1. The second-order valence-corrected chi connectivity index (χ2v) is 2.35. The molecular formula is C7H18N3. The summed E-state index contributed by atoms with van der Waals surface area (Å²) in [6, 6.07) is 0. The van der Waals surface area contributed by atoms with E-state index < -0.39 is 0 Å². The molecule has 3 nitrogen and oxygen atoms in total. The Balaban J connectivity index is 2.65. The van der Waals surface area contributed by atoms with Gasteiger partial charge in [-0.1, -0.05) is 0 Å². The molecule has 4 N–H and O–H groups in total. The maximum absolute atomic E-state index is 6.87. The fourth-order valence-electron chi connectivity index (χ4n) is 0.727. The van der Waals surface area contributed by atoms with E-state index in [1.807, 2.05) is 0 Å². The van der Waals surface area contributed by atoms with Crippen molar-refractivity contribution in [2.75, 3.05) is 26.2 Å². The SMILES string of the molecule is [NH]CCCCNCCCN. The molecule has 0 heterocycles. The van der Waals surface area contributed by atoms with Gasteiger partial charge in [0.2, 0.25) is 0 Å². The lowest BCUT2D eigenvalue weighted by Crippen LogP contribution is -2.19. The summed E-state index contributed by atoms with van der Waals surface area (Å²) >= 11 is 0. The molecule has 0 aromatic heterocycles. The van der Waals surface area contributed by atoms with Gasteiger partial charge in [0.1, 0.15) is 0 Å². The molecule has 0 aliphatic rings. The Morgan fingerprint density at radius 1 is 1.10 bits per heavy atom. The molecule has 0 saturated carbocycles. The molecule has 1 radical (unpaired) electrons. The highest BCUT2D eigenvalue weighted by molar-refractivity contribution is 4.48. The van der Waals surface area contributed by atoms with Gasteiger partial charge in [-0.25, -0.2) is 0 Å². The molecule has 3 heteroatoms. The highest BCUT2D eigenvalue weighted by Gasteiger charge is 1.85. The van der Waals surface area contributed by atoms with Gasteiger partial charge in [-0.3, -0.25) is 5.73 Å². The summed E-state index contributed by atoms with van der Waals surface area (Å²) in [5, 5.41) is 3.26. The van der Waals surface area contributed by atoms with Crippen LogP contribution in [0, 0.1) is 0 Å². The Morgan fingerprint density at radius 3 is 2.40 bits per heavy atom. The van der Waals surface area contributed by atoms with Crippen LogP contribution in [0.3, 0.4) is 0 Å². The van der Waals surface area contributed by atoms with Gasteiger partial charge in [-0.05, 0) is 38.9 Å². The maximum atomic E-state index is 6.87. The molecular weight excluding hydrogens is 126 g/mol. The normalized spacial score (nSPS) is 10.2. The van der Waals surface area contributed by atoms with E-state index in [0.717, 1.165) is 38.9 Å². The third kappa shape index (κ3) is 7.88. The second-order valence-electron chi connectivity index (χ2n) is 2.35. The van der Waals surface area contributed by atoms with Crippen LogP contribution < -0.4 is 16.8 Å². The van der Waals surface area contributed by atoms with Gasteiger partial charge in [0.05, 0.1) is 0 Å². The van der Waals surface area contributed by atoms with Gasteiger partial charge in [-0.2, -0.15) is 0 Å². The zero-order valence-corrected chi connectivity index (χ0v) is 6.53. The standard InChI is InChI=1S/C7H18N3/c8-4-1-2-6-10-7-3-5-9/h8,10H,1-7,9H2. The van der Waals surface area contributed by atoms with Gasteiger partial charge in [0.15, 0.2) is 0 Å². The maximum Gasteiger partial charge on any atom is 0.0100 e. The van der Waals surface area contributed by atoms with Crippen molar-refractivity contribution in [2.45, 2.75) is 19.3 Å². The minimum atomic E-state index is 0.554. The topological polar surface area (TPSA) is 61.8 Å². The van der Waals surface area contributed by atoms with Crippen LogP contribution in [0.4, 0.5) is 0 Å². The second kappa shape index (κ2) is 8.88. The molecule has 0 aromatic rings. The third-order valence-corrected chi connectivity index (χ3v) is 1.34. The van der Waals surface area contributed by atoms with Crippen LogP contribution >= 0.6 is 0 Å². The molecule has 0 unspecified atom stereocenters. The average Bonchev–Trinajstić information content (AvgIpc) is 1.97. The predicted octanol–water partition coefficient (Wildman–Crippen LogP) is -0.0121. The van der Waals surface area contributed by atoms with Crippen molar-refractivity contribution in [2.24, 2.45) is 5.73 Å². The van der Waals surface area contributed by atoms with E-state index in [1.54, 1.807) is 0 Å². The minimum absolute atomic E-state index is 0.554. The van der Waals surface area contributed by atoms with Crippen LogP contribution in [-0.2, 0) is 0 Å². The van der Waals surface area contributed by atoms with Crippen molar-refractivity contribution in [1.82, 2.24) is 11.1 Å². The van der Waals surface area contributed by atoms with Gasteiger partial charge < -0.3 is 11.1 Å². The monoisotopic (exact) mass is 144 g/mol. The first-order valence-electron chi connectivity index (χ1n) is 3.97. The zero-order valence-electron chi connectivity index (χ0n) is 6.53. The van der Waals surface area contributed by atoms with Crippen LogP contribution in [-0.4, -0.2) is 26.2 Å². The molecule has 0 bridgehead atoms. The van der Waals surface area contributed by atoms with Gasteiger partial charge in [0.25, 0.3) is 0 Å². The fraction of sp³-hybridized carbons (Fsp3) is 1.00. The number of hydrogen-bond donors (Lipinski definition) is 2. The van der Waals surface area contributed by atoms with E-state index in [9.17, 15) is 0 Å². The zero-order chi connectivity index (χ0) is 7.66. The molecule has 61 valence electrons.